The lowest BCUT2D eigenvalue weighted by atomic mass is 10.1. The molecule has 4 N–H and O–H groups in total. The number of rotatable bonds is 8. The number of fused-ring (bicyclic) bond motifs is 1. The van der Waals surface area contributed by atoms with Crippen LogP contribution < -0.4 is 15.8 Å². The van der Waals surface area contributed by atoms with Gasteiger partial charge in [-0.1, -0.05) is 18.2 Å². The van der Waals surface area contributed by atoms with E-state index < -0.39 is 0 Å². The van der Waals surface area contributed by atoms with Gasteiger partial charge in [-0.25, -0.2) is 0 Å². The first kappa shape index (κ1) is 21.5. The summed E-state index contributed by atoms with van der Waals surface area (Å²) in [4.78, 5) is 19.8. The first-order valence-electron chi connectivity index (χ1n) is 10.9. The Kier molecular flexibility index (Phi) is 5.88. The van der Waals surface area contributed by atoms with Gasteiger partial charge in [0.15, 0.2) is 5.76 Å². The number of aromatic nitrogens is 2. The summed E-state index contributed by atoms with van der Waals surface area (Å²) >= 11 is 0. The molecule has 0 spiro atoms. The number of nitrogens with two attached hydrogens (primary N) is 1. The second-order valence-corrected chi connectivity index (χ2v) is 7.96. The Bertz CT molecular complexity index is 1420. The van der Waals surface area contributed by atoms with Gasteiger partial charge in [0.05, 0.1) is 24.4 Å². The Morgan fingerprint density at radius 1 is 1.24 bits per heavy atom. The molecule has 0 bridgehead atoms. The SMILES string of the molecule is CNC(=O)c1ccc(-c2cc(OC[C@@H](N)Cc3c[nH]c4ccccc34)cnc2-c2ccoc2)o1. The van der Waals surface area contributed by atoms with E-state index in [2.05, 4.69) is 21.4 Å². The van der Waals surface area contributed by atoms with Gasteiger partial charge in [-0.05, 0) is 42.3 Å². The number of nitrogens with zero attached hydrogens (tertiary/aromatic N) is 1. The van der Waals surface area contributed by atoms with Gasteiger partial charge in [0.2, 0.25) is 0 Å². The number of furan rings is 2. The number of pyridine rings is 1. The largest absolute Gasteiger partial charge is 0.490 e. The molecule has 0 aliphatic carbocycles. The van der Waals surface area contributed by atoms with Crippen molar-refractivity contribution in [2.75, 3.05) is 13.7 Å². The van der Waals surface area contributed by atoms with E-state index in [0.29, 0.717) is 35.8 Å². The minimum atomic E-state index is -0.306. The highest BCUT2D eigenvalue weighted by atomic mass is 16.5. The number of para-hydroxylation sites is 1. The fourth-order valence-electron chi connectivity index (χ4n) is 3.91. The number of hydrogen-bond acceptors (Lipinski definition) is 6. The minimum Gasteiger partial charge on any atom is -0.490 e. The van der Waals surface area contributed by atoms with Gasteiger partial charge < -0.3 is 29.6 Å². The van der Waals surface area contributed by atoms with Crippen LogP contribution in [0.5, 0.6) is 5.75 Å². The Morgan fingerprint density at radius 3 is 2.94 bits per heavy atom. The Morgan fingerprint density at radius 2 is 2.12 bits per heavy atom. The second-order valence-electron chi connectivity index (χ2n) is 7.96. The van der Waals surface area contributed by atoms with E-state index in [0.717, 1.165) is 22.0 Å². The molecular formula is C26H24N4O4. The van der Waals surface area contributed by atoms with Crippen LogP contribution in [-0.4, -0.2) is 35.6 Å². The third-order valence-electron chi connectivity index (χ3n) is 5.60. The van der Waals surface area contributed by atoms with Crippen LogP contribution in [0.4, 0.5) is 0 Å². The van der Waals surface area contributed by atoms with Crippen LogP contribution in [0.2, 0.25) is 0 Å². The number of ether oxygens (including phenoxy) is 1. The third-order valence-corrected chi connectivity index (χ3v) is 5.60. The molecule has 172 valence electrons. The zero-order valence-corrected chi connectivity index (χ0v) is 18.6. The summed E-state index contributed by atoms with van der Waals surface area (Å²) in [6.45, 7) is 0.313. The summed E-state index contributed by atoms with van der Waals surface area (Å²) in [5.41, 5.74) is 10.7. The number of amides is 1. The van der Waals surface area contributed by atoms with Crippen molar-refractivity contribution in [3.8, 4) is 28.3 Å². The summed E-state index contributed by atoms with van der Waals surface area (Å²) < 4.78 is 17.0. The molecule has 5 aromatic rings. The molecule has 0 aliphatic heterocycles. The molecule has 0 fully saturated rings. The van der Waals surface area contributed by atoms with Crippen LogP contribution >= 0.6 is 0 Å². The maximum Gasteiger partial charge on any atom is 0.286 e. The Labute approximate surface area is 195 Å². The van der Waals surface area contributed by atoms with Crippen LogP contribution in [0.15, 0.2) is 82.3 Å². The van der Waals surface area contributed by atoms with Gasteiger partial charge in [-0.3, -0.25) is 9.78 Å². The molecule has 1 atom stereocenters. The smallest absolute Gasteiger partial charge is 0.286 e. The highest BCUT2D eigenvalue weighted by Crippen LogP contribution is 2.34. The lowest BCUT2D eigenvalue weighted by Gasteiger charge is -2.14. The number of nitrogens with one attached hydrogen (secondary N) is 2. The summed E-state index contributed by atoms with van der Waals surface area (Å²) in [6.07, 6.45) is 7.49. The van der Waals surface area contributed by atoms with E-state index in [-0.39, 0.29) is 17.7 Å². The summed E-state index contributed by atoms with van der Waals surface area (Å²) in [5, 5.41) is 3.72. The summed E-state index contributed by atoms with van der Waals surface area (Å²) in [7, 11) is 1.55. The van der Waals surface area contributed by atoms with Crippen molar-refractivity contribution in [3.05, 3.63) is 84.8 Å². The molecule has 1 amide bonds. The molecule has 0 unspecified atom stereocenters. The van der Waals surface area contributed by atoms with E-state index >= 15 is 0 Å². The van der Waals surface area contributed by atoms with Crippen LogP contribution in [0.1, 0.15) is 16.1 Å². The monoisotopic (exact) mass is 456 g/mol. The van der Waals surface area contributed by atoms with Crippen molar-refractivity contribution in [1.82, 2.24) is 15.3 Å². The fourth-order valence-corrected chi connectivity index (χ4v) is 3.91. The third kappa shape index (κ3) is 4.31. The van der Waals surface area contributed by atoms with Crippen LogP contribution in [-0.2, 0) is 6.42 Å². The second kappa shape index (κ2) is 9.29. The first-order chi connectivity index (χ1) is 16.6. The normalized spacial score (nSPS) is 12.1. The van der Waals surface area contributed by atoms with E-state index in [1.165, 1.54) is 0 Å². The number of benzene rings is 1. The fraction of sp³-hybridized carbons (Fsp3) is 0.154. The highest BCUT2D eigenvalue weighted by Gasteiger charge is 2.18. The van der Waals surface area contributed by atoms with Crippen LogP contribution in [0.3, 0.4) is 0 Å². The Hall–Kier alpha value is -4.30. The molecule has 0 aliphatic rings. The molecule has 8 heteroatoms. The van der Waals surface area contributed by atoms with Crippen molar-refractivity contribution < 1.29 is 18.4 Å². The predicted molar refractivity (Wildman–Crippen MR) is 129 cm³/mol. The number of aromatic amines is 1. The average molecular weight is 457 g/mol. The topological polar surface area (TPSA) is 119 Å². The van der Waals surface area contributed by atoms with Gasteiger partial charge >= 0.3 is 0 Å². The molecule has 34 heavy (non-hydrogen) atoms. The highest BCUT2D eigenvalue weighted by molar-refractivity contribution is 5.92. The lowest BCUT2D eigenvalue weighted by Crippen LogP contribution is -2.30. The van der Waals surface area contributed by atoms with Crippen LogP contribution in [0, 0.1) is 0 Å². The molecule has 4 heterocycles. The summed E-state index contributed by atoms with van der Waals surface area (Å²) in [5.74, 6) is 0.952. The zero-order valence-electron chi connectivity index (χ0n) is 18.6. The number of carbonyl (C=O) groups excluding carboxylic acids is 1. The molecule has 0 saturated heterocycles. The van der Waals surface area contributed by atoms with Gasteiger partial charge in [0.1, 0.15) is 18.1 Å². The molecule has 0 saturated carbocycles. The predicted octanol–water partition coefficient (Wildman–Crippen LogP) is 4.39. The van der Waals surface area contributed by atoms with E-state index in [9.17, 15) is 4.79 Å². The number of H-pyrrole nitrogens is 1. The molecule has 4 aromatic heterocycles. The Balaban J connectivity index is 1.36. The molecular weight excluding hydrogens is 432 g/mol. The first-order valence-corrected chi connectivity index (χ1v) is 10.9. The zero-order chi connectivity index (χ0) is 23.5. The van der Waals surface area contributed by atoms with Gasteiger partial charge in [-0.15, -0.1) is 0 Å². The van der Waals surface area contributed by atoms with Crippen molar-refractivity contribution in [2.45, 2.75) is 12.5 Å². The van der Waals surface area contributed by atoms with E-state index in [1.807, 2.05) is 36.5 Å². The van der Waals surface area contributed by atoms with Gasteiger partial charge in [0.25, 0.3) is 5.91 Å². The van der Waals surface area contributed by atoms with Crippen molar-refractivity contribution in [2.24, 2.45) is 5.73 Å². The van der Waals surface area contributed by atoms with Crippen molar-refractivity contribution in [3.63, 3.8) is 0 Å². The standard InChI is InChI=1S/C26H24N4O4/c1-28-26(31)24-7-6-23(34-24)21-11-19(13-30-25(21)16-8-9-32-14-16)33-15-18(27)10-17-12-29-22-5-3-2-4-20(17)22/h2-9,11-14,18,29H,10,15,27H2,1H3,(H,28,31)/t18-/m0/s1. The minimum absolute atomic E-state index is 0.209. The average Bonchev–Trinajstić information content (AvgIpc) is 3.64. The van der Waals surface area contributed by atoms with Gasteiger partial charge in [-0.2, -0.15) is 0 Å². The molecule has 0 radical (unpaired) electrons. The maximum atomic E-state index is 12.0. The molecule has 1 aromatic carbocycles. The van der Waals surface area contributed by atoms with Crippen LogP contribution in [0.25, 0.3) is 33.5 Å². The van der Waals surface area contributed by atoms with Crippen molar-refractivity contribution >= 4 is 16.8 Å². The molecule has 5 rings (SSSR count). The number of hydrogen-bond donors (Lipinski definition) is 3. The maximum absolute atomic E-state index is 12.0. The summed E-state index contributed by atoms with van der Waals surface area (Å²) in [6, 6.07) is 14.9. The lowest BCUT2D eigenvalue weighted by molar-refractivity contribution is 0.0936. The van der Waals surface area contributed by atoms with Gasteiger partial charge in [0, 0.05) is 41.3 Å². The quantitative estimate of drug-likeness (QED) is 0.319. The number of carbonyl (C=O) groups is 1. The van der Waals surface area contributed by atoms with E-state index in [1.54, 1.807) is 37.9 Å². The molecule has 8 nitrogen and oxygen atoms in total. The van der Waals surface area contributed by atoms with Crippen molar-refractivity contribution in [1.29, 1.82) is 0 Å². The van der Waals surface area contributed by atoms with E-state index in [4.69, 9.17) is 19.3 Å².